The molecular formula is C16H29NO5. The molecule has 0 radical (unpaired) electrons. The molecule has 128 valence electrons. The Kier molecular flexibility index (Phi) is 6.81. The fourth-order valence-electron chi connectivity index (χ4n) is 2.38. The van der Waals surface area contributed by atoms with Crippen molar-refractivity contribution in [3.63, 3.8) is 0 Å². The fraction of sp³-hybridized carbons (Fsp3) is 0.875. The third kappa shape index (κ3) is 4.95. The Labute approximate surface area is 133 Å². The zero-order chi connectivity index (χ0) is 16.9. The van der Waals surface area contributed by atoms with E-state index < -0.39 is 24.1 Å². The van der Waals surface area contributed by atoms with Crippen LogP contribution in [0.4, 0.5) is 4.79 Å². The van der Waals surface area contributed by atoms with Crippen molar-refractivity contribution in [3.05, 3.63) is 0 Å². The van der Waals surface area contributed by atoms with E-state index in [1.54, 1.807) is 27.7 Å². The topological polar surface area (TPSA) is 65.1 Å². The molecule has 0 bridgehead atoms. The number of unbranched alkanes of at least 4 members (excludes halogenated alkanes) is 1. The number of β-lactam (4-membered cyclic amide) rings is 1. The lowest BCUT2D eigenvalue weighted by molar-refractivity contribution is -0.211. The molecule has 1 aliphatic rings. The molecule has 1 heterocycles. The first-order chi connectivity index (χ1) is 10.2. The van der Waals surface area contributed by atoms with Gasteiger partial charge in [-0.2, -0.15) is 0 Å². The molecule has 0 spiro atoms. The highest BCUT2D eigenvalue weighted by molar-refractivity contribution is 6.01. The van der Waals surface area contributed by atoms with Gasteiger partial charge >= 0.3 is 6.09 Å². The molecule has 0 N–H and O–H groups in total. The van der Waals surface area contributed by atoms with Gasteiger partial charge in [0.1, 0.15) is 5.60 Å². The minimum Gasteiger partial charge on any atom is -0.443 e. The SMILES string of the molecule is CCCC[C@H]1[C@@H](OC(C)OCC)C(=O)N1C(=O)OC(C)(C)C. The van der Waals surface area contributed by atoms with Crippen molar-refractivity contribution < 1.29 is 23.8 Å². The summed E-state index contributed by atoms with van der Waals surface area (Å²) in [4.78, 5) is 25.6. The second-order valence-electron chi connectivity index (χ2n) is 6.48. The molecule has 1 aliphatic heterocycles. The van der Waals surface area contributed by atoms with Crippen molar-refractivity contribution in [3.8, 4) is 0 Å². The van der Waals surface area contributed by atoms with E-state index in [9.17, 15) is 9.59 Å². The van der Waals surface area contributed by atoms with Gasteiger partial charge in [-0.1, -0.05) is 19.8 Å². The van der Waals surface area contributed by atoms with E-state index in [2.05, 4.69) is 6.92 Å². The van der Waals surface area contributed by atoms with E-state index in [0.29, 0.717) is 13.0 Å². The molecule has 1 unspecified atom stereocenters. The fourth-order valence-corrected chi connectivity index (χ4v) is 2.38. The second-order valence-corrected chi connectivity index (χ2v) is 6.48. The van der Waals surface area contributed by atoms with Crippen molar-refractivity contribution in [2.24, 2.45) is 0 Å². The van der Waals surface area contributed by atoms with Gasteiger partial charge in [-0.3, -0.25) is 4.79 Å². The molecule has 0 aliphatic carbocycles. The number of nitrogens with zero attached hydrogens (tertiary/aromatic N) is 1. The van der Waals surface area contributed by atoms with Gasteiger partial charge < -0.3 is 14.2 Å². The highest BCUT2D eigenvalue weighted by atomic mass is 16.7. The minimum atomic E-state index is -0.628. The quantitative estimate of drug-likeness (QED) is 0.533. The third-order valence-electron chi connectivity index (χ3n) is 3.35. The highest BCUT2D eigenvalue weighted by Gasteiger charge is 2.53. The van der Waals surface area contributed by atoms with Crippen LogP contribution in [0.2, 0.25) is 0 Å². The molecule has 0 aromatic heterocycles. The zero-order valence-corrected chi connectivity index (χ0v) is 14.5. The zero-order valence-electron chi connectivity index (χ0n) is 14.5. The summed E-state index contributed by atoms with van der Waals surface area (Å²) in [5.74, 6) is -0.345. The van der Waals surface area contributed by atoms with E-state index in [0.717, 1.165) is 12.8 Å². The van der Waals surface area contributed by atoms with Crippen LogP contribution in [-0.4, -0.2) is 47.5 Å². The number of carbonyl (C=O) groups excluding carboxylic acids is 2. The lowest BCUT2D eigenvalue weighted by Gasteiger charge is -2.45. The molecule has 1 saturated heterocycles. The number of hydrogen-bond donors (Lipinski definition) is 0. The van der Waals surface area contributed by atoms with Crippen molar-refractivity contribution in [2.75, 3.05) is 6.61 Å². The normalized spacial score (nSPS) is 23.2. The van der Waals surface area contributed by atoms with E-state index in [-0.39, 0.29) is 11.9 Å². The van der Waals surface area contributed by atoms with Crippen LogP contribution in [0.15, 0.2) is 0 Å². The number of hydrogen-bond acceptors (Lipinski definition) is 5. The lowest BCUT2D eigenvalue weighted by Crippen LogP contribution is -2.68. The summed E-state index contributed by atoms with van der Waals surface area (Å²) in [7, 11) is 0. The molecule has 0 aromatic rings. The number of likely N-dealkylation sites (tertiary alicyclic amines) is 1. The van der Waals surface area contributed by atoms with Crippen molar-refractivity contribution in [1.29, 1.82) is 0 Å². The van der Waals surface area contributed by atoms with Gasteiger partial charge in [-0.25, -0.2) is 9.69 Å². The third-order valence-corrected chi connectivity index (χ3v) is 3.35. The maximum Gasteiger partial charge on any atom is 0.417 e. The van der Waals surface area contributed by atoms with Crippen LogP contribution in [-0.2, 0) is 19.0 Å². The molecular weight excluding hydrogens is 286 g/mol. The number of carbonyl (C=O) groups is 2. The van der Waals surface area contributed by atoms with Crippen molar-refractivity contribution in [1.82, 2.24) is 4.90 Å². The Bertz CT molecular complexity index is 390. The summed E-state index contributed by atoms with van der Waals surface area (Å²) in [5, 5.41) is 0. The van der Waals surface area contributed by atoms with E-state index in [4.69, 9.17) is 14.2 Å². The average Bonchev–Trinajstić information content (AvgIpc) is 2.38. The van der Waals surface area contributed by atoms with Gasteiger partial charge in [-0.05, 0) is 41.0 Å². The van der Waals surface area contributed by atoms with Crippen LogP contribution >= 0.6 is 0 Å². The molecule has 1 fully saturated rings. The Morgan fingerprint density at radius 3 is 2.45 bits per heavy atom. The van der Waals surface area contributed by atoms with Crippen LogP contribution in [0.25, 0.3) is 0 Å². The summed E-state index contributed by atoms with van der Waals surface area (Å²) in [6.07, 6.45) is 0.929. The summed E-state index contributed by atoms with van der Waals surface area (Å²) in [5.41, 5.74) is -0.628. The molecule has 6 nitrogen and oxygen atoms in total. The van der Waals surface area contributed by atoms with Gasteiger partial charge in [0.05, 0.1) is 6.04 Å². The average molecular weight is 315 g/mol. The van der Waals surface area contributed by atoms with Gasteiger partial charge in [0.15, 0.2) is 12.4 Å². The monoisotopic (exact) mass is 315 g/mol. The predicted molar refractivity (Wildman–Crippen MR) is 82.4 cm³/mol. The van der Waals surface area contributed by atoms with Gasteiger partial charge in [0.2, 0.25) is 0 Å². The largest absolute Gasteiger partial charge is 0.443 e. The second kappa shape index (κ2) is 7.92. The molecule has 1 rings (SSSR count). The summed E-state index contributed by atoms with van der Waals surface area (Å²) >= 11 is 0. The van der Waals surface area contributed by atoms with Crippen LogP contribution < -0.4 is 0 Å². The lowest BCUT2D eigenvalue weighted by atomic mass is 9.93. The number of rotatable bonds is 7. The van der Waals surface area contributed by atoms with Crippen LogP contribution in [0, 0.1) is 0 Å². The number of imide groups is 1. The maximum atomic E-state index is 12.2. The van der Waals surface area contributed by atoms with Gasteiger partial charge in [-0.15, -0.1) is 0 Å². The van der Waals surface area contributed by atoms with Crippen LogP contribution in [0.3, 0.4) is 0 Å². The maximum absolute atomic E-state index is 12.2. The Morgan fingerprint density at radius 2 is 1.95 bits per heavy atom. The van der Waals surface area contributed by atoms with E-state index in [1.807, 2.05) is 6.92 Å². The van der Waals surface area contributed by atoms with Crippen molar-refractivity contribution >= 4 is 12.0 Å². The molecule has 22 heavy (non-hydrogen) atoms. The van der Waals surface area contributed by atoms with Gasteiger partial charge in [0, 0.05) is 6.61 Å². The standard InChI is InChI=1S/C16H29NO5/c1-7-9-10-12-13(21-11(3)20-8-2)14(18)17(12)15(19)22-16(4,5)6/h11-13H,7-10H2,1-6H3/t11?,12-,13+/m0/s1. The Hall–Kier alpha value is -1.14. The first-order valence-corrected chi connectivity index (χ1v) is 8.04. The van der Waals surface area contributed by atoms with Crippen molar-refractivity contribution in [2.45, 2.75) is 84.8 Å². The molecule has 6 heteroatoms. The first-order valence-electron chi connectivity index (χ1n) is 8.04. The summed E-state index contributed by atoms with van der Waals surface area (Å²) in [6, 6.07) is -0.273. The smallest absolute Gasteiger partial charge is 0.417 e. The van der Waals surface area contributed by atoms with Crippen LogP contribution in [0.1, 0.15) is 60.8 Å². The minimum absolute atomic E-state index is 0.273. The highest BCUT2D eigenvalue weighted by Crippen LogP contribution is 2.30. The summed E-state index contributed by atoms with van der Waals surface area (Å²) in [6.45, 7) is 11.5. The number of amides is 2. The predicted octanol–water partition coefficient (Wildman–Crippen LogP) is 3.09. The Morgan fingerprint density at radius 1 is 1.32 bits per heavy atom. The molecule has 2 amide bonds. The molecule has 0 saturated carbocycles. The number of ether oxygens (including phenoxy) is 3. The first kappa shape index (κ1) is 18.9. The summed E-state index contributed by atoms with van der Waals surface area (Å²) < 4.78 is 16.3. The molecule has 0 aromatic carbocycles. The van der Waals surface area contributed by atoms with E-state index in [1.165, 1.54) is 4.90 Å². The van der Waals surface area contributed by atoms with Gasteiger partial charge in [0.25, 0.3) is 5.91 Å². The van der Waals surface area contributed by atoms with Crippen LogP contribution in [0.5, 0.6) is 0 Å². The Balaban J connectivity index is 2.72. The molecule has 3 atom stereocenters. The van der Waals surface area contributed by atoms with E-state index >= 15 is 0 Å².